The van der Waals surface area contributed by atoms with Gasteiger partial charge in [-0.05, 0) is 49.8 Å². The molecular weight excluding hydrogens is 246 g/mol. The quantitative estimate of drug-likeness (QED) is 0.757. The third-order valence-corrected chi connectivity index (χ3v) is 4.64. The summed E-state index contributed by atoms with van der Waals surface area (Å²) in [5, 5.41) is 13.3. The highest BCUT2D eigenvalue weighted by Gasteiger charge is 2.20. The fourth-order valence-electron chi connectivity index (χ4n) is 3.49. The molecule has 0 aliphatic heterocycles. The van der Waals surface area contributed by atoms with Gasteiger partial charge < -0.3 is 10.4 Å². The van der Waals surface area contributed by atoms with E-state index in [4.69, 9.17) is 0 Å². The van der Waals surface area contributed by atoms with Gasteiger partial charge in [0.1, 0.15) is 5.75 Å². The number of phenolic OH excluding ortho intramolecular Hbond substituents is 1. The van der Waals surface area contributed by atoms with Gasteiger partial charge in [0, 0.05) is 12.1 Å². The molecule has 0 bridgehead atoms. The van der Waals surface area contributed by atoms with Crippen LogP contribution in [-0.4, -0.2) is 11.1 Å². The molecule has 0 radical (unpaired) electrons. The summed E-state index contributed by atoms with van der Waals surface area (Å²) in [4.78, 5) is 0. The maximum atomic E-state index is 9.58. The zero-order valence-corrected chi connectivity index (χ0v) is 12.9. The van der Waals surface area contributed by atoms with Crippen molar-refractivity contribution < 1.29 is 5.11 Å². The number of phenols is 1. The van der Waals surface area contributed by atoms with Crippen molar-refractivity contribution in [1.29, 1.82) is 0 Å². The second kappa shape index (κ2) is 7.68. The first-order valence-corrected chi connectivity index (χ1v) is 8.24. The number of hydrogen-bond donors (Lipinski definition) is 2. The van der Waals surface area contributed by atoms with Crippen LogP contribution in [0.25, 0.3) is 0 Å². The number of rotatable bonds is 5. The number of nitrogens with one attached hydrogen (secondary N) is 1. The van der Waals surface area contributed by atoms with Gasteiger partial charge in [0.25, 0.3) is 0 Å². The average Bonchev–Trinajstić information content (AvgIpc) is 2.65. The fourth-order valence-corrected chi connectivity index (χ4v) is 3.49. The van der Waals surface area contributed by atoms with Crippen molar-refractivity contribution in [1.82, 2.24) is 5.32 Å². The number of aromatic hydroxyl groups is 1. The minimum absolute atomic E-state index is 0.315. The zero-order chi connectivity index (χ0) is 14.4. The average molecular weight is 275 g/mol. The molecule has 0 aromatic heterocycles. The summed E-state index contributed by atoms with van der Waals surface area (Å²) in [6.07, 6.45) is 9.45. The number of hydrogen-bond acceptors (Lipinski definition) is 2. The Hall–Kier alpha value is -1.02. The summed E-state index contributed by atoms with van der Waals surface area (Å²) in [6, 6.07) is 8.57. The van der Waals surface area contributed by atoms with Gasteiger partial charge in [-0.1, -0.05) is 44.7 Å². The van der Waals surface area contributed by atoms with E-state index >= 15 is 0 Å². The van der Waals surface area contributed by atoms with E-state index in [1.165, 1.54) is 50.5 Å². The normalized spacial score (nSPS) is 25.1. The Morgan fingerprint density at radius 3 is 2.85 bits per heavy atom. The molecule has 112 valence electrons. The van der Waals surface area contributed by atoms with Crippen LogP contribution in [0, 0.1) is 5.92 Å². The van der Waals surface area contributed by atoms with Gasteiger partial charge in [-0.2, -0.15) is 0 Å². The molecule has 0 heterocycles. The van der Waals surface area contributed by atoms with Crippen molar-refractivity contribution in [3.8, 4) is 5.75 Å². The highest BCUT2D eigenvalue weighted by molar-refractivity contribution is 5.29. The van der Waals surface area contributed by atoms with Crippen molar-refractivity contribution in [2.24, 2.45) is 5.92 Å². The Balaban J connectivity index is 1.86. The smallest absolute Gasteiger partial charge is 0.115 e. The predicted molar refractivity (Wildman–Crippen MR) is 84.9 cm³/mol. The molecule has 2 nitrogen and oxygen atoms in total. The van der Waals surface area contributed by atoms with Crippen LogP contribution in [0.3, 0.4) is 0 Å². The largest absolute Gasteiger partial charge is 0.508 e. The summed E-state index contributed by atoms with van der Waals surface area (Å²) in [5.41, 5.74) is 1.18. The molecule has 1 aliphatic carbocycles. The van der Waals surface area contributed by atoms with Crippen LogP contribution in [0.2, 0.25) is 0 Å². The topological polar surface area (TPSA) is 32.3 Å². The monoisotopic (exact) mass is 275 g/mol. The Labute approximate surface area is 123 Å². The molecule has 3 unspecified atom stereocenters. The second-order valence-electron chi connectivity index (χ2n) is 6.34. The molecule has 1 aromatic rings. The van der Waals surface area contributed by atoms with Crippen LogP contribution >= 0.6 is 0 Å². The first-order chi connectivity index (χ1) is 9.69. The Morgan fingerprint density at radius 1 is 1.25 bits per heavy atom. The van der Waals surface area contributed by atoms with Gasteiger partial charge in [0.15, 0.2) is 0 Å². The molecule has 1 fully saturated rings. The Bertz CT molecular complexity index is 404. The first kappa shape index (κ1) is 15.4. The highest BCUT2D eigenvalue weighted by atomic mass is 16.3. The zero-order valence-electron chi connectivity index (χ0n) is 12.9. The van der Waals surface area contributed by atoms with Crippen molar-refractivity contribution in [3.63, 3.8) is 0 Å². The standard InChI is InChI=1S/C18H29NO/c1-3-6-15-7-4-9-17(12-11-15)19-14(2)16-8-5-10-18(20)13-16/h5,8,10,13-15,17,19-20H,3-4,6-7,9,11-12H2,1-2H3. The Morgan fingerprint density at radius 2 is 2.10 bits per heavy atom. The lowest BCUT2D eigenvalue weighted by molar-refractivity contribution is 0.392. The second-order valence-corrected chi connectivity index (χ2v) is 6.34. The third-order valence-electron chi connectivity index (χ3n) is 4.64. The summed E-state index contributed by atoms with van der Waals surface area (Å²) in [5.74, 6) is 1.31. The van der Waals surface area contributed by atoms with E-state index in [9.17, 15) is 5.11 Å². The van der Waals surface area contributed by atoms with E-state index in [1.807, 2.05) is 12.1 Å². The Kier molecular flexibility index (Phi) is 5.90. The molecule has 2 heteroatoms. The van der Waals surface area contributed by atoms with Gasteiger partial charge >= 0.3 is 0 Å². The van der Waals surface area contributed by atoms with E-state index in [0.29, 0.717) is 17.8 Å². The molecule has 2 N–H and O–H groups in total. The maximum absolute atomic E-state index is 9.58. The lowest BCUT2D eigenvalue weighted by Crippen LogP contribution is -2.31. The molecule has 1 aromatic carbocycles. The van der Waals surface area contributed by atoms with E-state index in [2.05, 4.69) is 25.2 Å². The minimum atomic E-state index is 0.315. The first-order valence-electron chi connectivity index (χ1n) is 8.24. The van der Waals surface area contributed by atoms with E-state index in [0.717, 1.165) is 5.92 Å². The molecule has 0 saturated heterocycles. The lowest BCUT2D eigenvalue weighted by atomic mass is 9.95. The van der Waals surface area contributed by atoms with Crippen LogP contribution in [0.15, 0.2) is 24.3 Å². The van der Waals surface area contributed by atoms with Gasteiger partial charge in [0.2, 0.25) is 0 Å². The molecule has 20 heavy (non-hydrogen) atoms. The third kappa shape index (κ3) is 4.52. The van der Waals surface area contributed by atoms with Gasteiger partial charge in [-0.15, -0.1) is 0 Å². The predicted octanol–water partition coefficient (Wildman–Crippen LogP) is 4.79. The van der Waals surface area contributed by atoms with Gasteiger partial charge in [-0.3, -0.25) is 0 Å². The molecule has 0 amide bonds. The van der Waals surface area contributed by atoms with Crippen LogP contribution in [0.4, 0.5) is 0 Å². The molecule has 2 rings (SSSR count). The number of benzene rings is 1. The fraction of sp³-hybridized carbons (Fsp3) is 0.667. The summed E-state index contributed by atoms with van der Waals surface area (Å²) in [6.45, 7) is 4.49. The molecule has 1 saturated carbocycles. The van der Waals surface area contributed by atoms with Crippen molar-refractivity contribution in [3.05, 3.63) is 29.8 Å². The van der Waals surface area contributed by atoms with E-state index in [1.54, 1.807) is 6.07 Å². The van der Waals surface area contributed by atoms with E-state index < -0.39 is 0 Å². The summed E-state index contributed by atoms with van der Waals surface area (Å²) in [7, 11) is 0. The maximum Gasteiger partial charge on any atom is 0.115 e. The molecule has 0 spiro atoms. The van der Waals surface area contributed by atoms with Crippen LogP contribution in [-0.2, 0) is 0 Å². The van der Waals surface area contributed by atoms with Gasteiger partial charge in [-0.25, -0.2) is 0 Å². The van der Waals surface area contributed by atoms with Crippen LogP contribution in [0.1, 0.15) is 70.4 Å². The summed E-state index contributed by atoms with van der Waals surface area (Å²) >= 11 is 0. The molecule has 3 atom stereocenters. The van der Waals surface area contributed by atoms with Gasteiger partial charge in [0.05, 0.1) is 0 Å². The van der Waals surface area contributed by atoms with Crippen molar-refractivity contribution in [2.75, 3.05) is 0 Å². The van der Waals surface area contributed by atoms with Crippen LogP contribution < -0.4 is 5.32 Å². The molecular formula is C18H29NO. The lowest BCUT2D eigenvalue weighted by Gasteiger charge is -2.22. The van der Waals surface area contributed by atoms with Crippen molar-refractivity contribution >= 4 is 0 Å². The van der Waals surface area contributed by atoms with Crippen molar-refractivity contribution in [2.45, 2.75) is 70.9 Å². The van der Waals surface area contributed by atoms with Crippen LogP contribution in [0.5, 0.6) is 5.75 Å². The summed E-state index contributed by atoms with van der Waals surface area (Å²) < 4.78 is 0. The highest BCUT2D eigenvalue weighted by Crippen LogP contribution is 2.28. The molecule has 1 aliphatic rings. The van der Waals surface area contributed by atoms with E-state index in [-0.39, 0.29) is 0 Å². The minimum Gasteiger partial charge on any atom is -0.508 e. The SMILES string of the molecule is CCCC1CCCC(NC(C)c2cccc(O)c2)CC1.